The Labute approximate surface area is 153 Å². The number of rotatable bonds is 3. The minimum absolute atomic E-state index is 0.0135. The molecule has 4 rings (SSSR count). The van der Waals surface area contributed by atoms with Gasteiger partial charge < -0.3 is 0 Å². The molecule has 0 N–H and O–H groups in total. The summed E-state index contributed by atoms with van der Waals surface area (Å²) in [6.07, 6.45) is 4.14. The molecule has 3 aromatic carbocycles. The Kier molecular flexibility index (Phi) is 4.24. The van der Waals surface area contributed by atoms with Crippen molar-refractivity contribution in [3.8, 4) is 0 Å². The first-order chi connectivity index (χ1) is 12.7. The Hall–Kier alpha value is -3.39. The Balaban J connectivity index is 2.01. The molecule has 0 atom stereocenters. The lowest BCUT2D eigenvalue weighted by Gasteiger charge is -2.08. The van der Waals surface area contributed by atoms with Gasteiger partial charge in [-0.15, -0.1) is 0 Å². The lowest BCUT2D eigenvalue weighted by molar-refractivity contribution is 0.0941. The molecule has 0 aliphatic carbocycles. The van der Waals surface area contributed by atoms with Gasteiger partial charge in [0.25, 0.3) is 0 Å². The van der Waals surface area contributed by atoms with Crippen molar-refractivity contribution in [3.63, 3.8) is 0 Å². The van der Waals surface area contributed by atoms with Crippen LogP contribution in [0.2, 0.25) is 0 Å². The van der Waals surface area contributed by atoms with Gasteiger partial charge in [-0.1, -0.05) is 78.9 Å². The summed E-state index contributed by atoms with van der Waals surface area (Å²) in [6.45, 7) is 1.60. The van der Waals surface area contributed by atoms with Gasteiger partial charge >= 0.3 is 0 Å². The van der Waals surface area contributed by atoms with E-state index in [2.05, 4.69) is 36.4 Å². The third kappa shape index (κ3) is 2.98. The van der Waals surface area contributed by atoms with Gasteiger partial charge in [-0.2, -0.15) is 0 Å². The van der Waals surface area contributed by atoms with Crippen LogP contribution < -0.4 is 0 Å². The Bertz CT molecular complexity index is 1090. The van der Waals surface area contributed by atoms with Crippen molar-refractivity contribution in [2.75, 3.05) is 0 Å². The van der Waals surface area contributed by atoms with Crippen LogP contribution in [-0.4, -0.2) is 10.5 Å². The topological polar surface area (TPSA) is 22.0 Å². The first kappa shape index (κ1) is 16.1. The summed E-state index contributed by atoms with van der Waals surface area (Å²) in [6, 6.07) is 28.6. The van der Waals surface area contributed by atoms with Crippen molar-refractivity contribution in [1.29, 1.82) is 0 Å². The molecule has 0 unspecified atom stereocenters. The van der Waals surface area contributed by atoms with Crippen molar-refractivity contribution in [3.05, 3.63) is 108 Å². The van der Waals surface area contributed by atoms with Crippen molar-refractivity contribution in [1.82, 2.24) is 4.57 Å². The molecular weight excluding hydrogens is 318 g/mol. The number of hydrogen-bond acceptors (Lipinski definition) is 1. The molecule has 4 aromatic rings. The summed E-state index contributed by atoms with van der Waals surface area (Å²) in [5.74, 6) is 0.0135. The molecule has 1 aromatic heterocycles. The van der Waals surface area contributed by atoms with Crippen LogP contribution in [0.4, 0.5) is 0 Å². The first-order valence-electron chi connectivity index (χ1n) is 8.67. The van der Waals surface area contributed by atoms with Crippen molar-refractivity contribution < 1.29 is 4.79 Å². The largest absolute Gasteiger partial charge is 0.287 e. The fourth-order valence-electron chi connectivity index (χ4n) is 3.31. The lowest BCUT2D eigenvalue weighted by atomic mass is 9.95. The molecule has 2 heteroatoms. The normalized spacial score (nSPS) is 11.7. The molecule has 126 valence electrons. The number of aromatic nitrogens is 1. The minimum Gasteiger partial charge on any atom is -0.287 e. The Morgan fingerprint density at radius 3 is 2.12 bits per heavy atom. The SMILES string of the molecule is CC(=O)n1cc(/C(=C/c2ccccc2)c2ccccc2)c2ccccc21. The maximum absolute atomic E-state index is 12.1. The molecule has 0 bridgehead atoms. The summed E-state index contributed by atoms with van der Waals surface area (Å²) in [5, 5.41) is 1.08. The van der Waals surface area contributed by atoms with Crippen LogP contribution in [0.5, 0.6) is 0 Å². The van der Waals surface area contributed by atoms with E-state index in [0.29, 0.717) is 0 Å². The molecule has 1 heterocycles. The van der Waals surface area contributed by atoms with Crippen LogP contribution >= 0.6 is 0 Å². The molecule has 0 aliphatic heterocycles. The highest BCUT2D eigenvalue weighted by molar-refractivity contribution is 6.05. The number of carbonyl (C=O) groups is 1. The van der Waals surface area contributed by atoms with E-state index in [1.807, 2.05) is 60.8 Å². The molecule has 0 aliphatic rings. The summed E-state index contributed by atoms with van der Waals surface area (Å²) >= 11 is 0. The van der Waals surface area contributed by atoms with Gasteiger partial charge in [0, 0.05) is 24.1 Å². The van der Waals surface area contributed by atoms with Crippen LogP contribution in [-0.2, 0) is 0 Å². The maximum atomic E-state index is 12.1. The van der Waals surface area contributed by atoms with Gasteiger partial charge in [-0.05, 0) is 28.8 Å². The van der Waals surface area contributed by atoms with E-state index in [0.717, 1.165) is 33.2 Å². The fraction of sp³-hybridized carbons (Fsp3) is 0.0417. The highest BCUT2D eigenvalue weighted by atomic mass is 16.1. The molecule has 0 saturated heterocycles. The average molecular weight is 337 g/mol. The predicted molar refractivity (Wildman–Crippen MR) is 108 cm³/mol. The number of carbonyl (C=O) groups excluding carboxylic acids is 1. The van der Waals surface area contributed by atoms with Crippen LogP contribution in [0.25, 0.3) is 22.6 Å². The van der Waals surface area contributed by atoms with E-state index in [9.17, 15) is 4.79 Å². The standard InChI is InChI=1S/C24H19NO/c1-18(26)25-17-23(21-14-8-9-15-24(21)25)22(20-12-6-3-7-13-20)16-19-10-4-2-5-11-19/h2-17H,1H3/b22-16+. The van der Waals surface area contributed by atoms with Crippen LogP contribution in [0, 0.1) is 0 Å². The first-order valence-corrected chi connectivity index (χ1v) is 8.67. The third-order valence-electron chi connectivity index (χ3n) is 4.54. The fourth-order valence-corrected chi connectivity index (χ4v) is 3.31. The van der Waals surface area contributed by atoms with Crippen molar-refractivity contribution in [2.45, 2.75) is 6.92 Å². The van der Waals surface area contributed by atoms with Gasteiger partial charge in [0.15, 0.2) is 0 Å². The molecule has 2 nitrogen and oxygen atoms in total. The number of benzene rings is 3. The van der Waals surface area contributed by atoms with E-state index < -0.39 is 0 Å². The molecular formula is C24H19NO. The summed E-state index contributed by atoms with van der Waals surface area (Å²) < 4.78 is 1.73. The highest BCUT2D eigenvalue weighted by Crippen LogP contribution is 2.33. The van der Waals surface area contributed by atoms with E-state index in [-0.39, 0.29) is 5.91 Å². The molecule has 26 heavy (non-hydrogen) atoms. The monoisotopic (exact) mass is 337 g/mol. The summed E-state index contributed by atoms with van der Waals surface area (Å²) in [5.41, 5.74) is 5.36. The smallest absolute Gasteiger partial charge is 0.227 e. The number of fused-ring (bicyclic) bond motifs is 1. The summed E-state index contributed by atoms with van der Waals surface area (Å²) in [4.78, 5) is 12.1. The zero-order valence-electron chi connectivity index (χ0n) is 14.6. The van der Waals surface area contributed by atoms with Crippen LogP contribution in [0.1, 0.15) is 28.4 Å². The Morgan fingerprint density at radius 2 is 1.42 bits per heavy atom. The quantitative estimate of drug-likeness (QED) is 0.427. The zero-order chi connectivity index (χ0) is 17.9. The van der Waals surface area contributed by atoms with Gasteiger partial charge in [-0.25, -0.2) is 0 Å². The maximum Gasteiger partial charge on any atom is 0.227 e. The van der Waals surface area contributed by atoms with Gasteiger partial charge in [0.2, 0.25) is 5.91 Å². The number of para-hydroxylation sites is 1. The second-order valence-corrected chi connectivity index (χ2v) is 6.28. The third-order valence-corrected chi connectivity index (χ3v) is 4.54. The van der Waals surface area contributed by atoms with Gasteiger partial charge in [0.05, 0.1) is 5.52 Å². The van der Waals surface area contributed by atoms with E-state index in [4.69, 9.17) is 0 Å². The van der Waals surface area contributed by atoms with E-state index >= 15 is 0 Å². The summed E-state index contributed by atoms with van der Waals surface area (Å²) in [7, 11) is 0. The zero-order valence-corrected chi connectivity index (χ0v) is 14.6. The van der Waals surface area contributed by atoms with E-state index in [1.165, 1.54) is 0 Å². The molecule has 0 spiro atoms. The molecule has 0 fully saturated rings. The molecule has 0 saturated carbocycles. The van der Waals surface area contributed by atoms with Crippen molar-refractivity contribution in [2.24, 2.45) is 0 Å². The number of nitrogens with zero attached hydrogens (tertiary/aromatic N) is 1. The highest BCUT2D eigenvalue weighted by Gasteiger charge is 2.15. The second-order valence-electron chi connectivity index (χ2n) is 6.28. The second kappa shape index (κ2) is 6.85. The lowest BCUT2D eigenvalue weighted by Crippen LogP contribution is -2.02. The van der Waals surface area contributed by atoms with Crippen LogP contribution in [0.3, 0.4) is 0 Å². The van der Waals surface area contributed by atoms with Crippen LogP contribution in [0.15, 0.2) is 91.1 Å². The molecule has 0 radical (unpaired) electrons. The molecule has 0 amide bonds. The predicted octanol–water partition coefficient (Wildman–Crippen LogP) is 5.89. The Morgan fingerprint density at radius 1 is 0.808 bits per heavy atom. The van der Waals surface area contributed by atoms with Gasteiger partial charge in [0.1, 0.15) is 0 Å². The van der Waals surface area contributed by atoms with Crippen molar-refractivity contribution >= 4 is 28.5 Å². The number of hydrogen-bond donors (Lipinski definition) is 0. The average Bonchev–Trinajstić information content (AvgIpc) is 3.07. The minimum atomic E-state index is 0.0135. The van der Waals surface area contributed by atoms with E-state index in [1.54, 1.807) is 11.5 Å². The van der Waals surface area contributed by atoms with Gasteiger partial charge in [-0.3, -0.25) is 9.36 Å².